The fourth-order valence-corrected chi connectivity index (χ4v) is 3.57. The number of fused-ring (bicyclic) bond motifs is 1. The van der Waals surface area contributed by atoms with Gasteiger partial charge in [0.15, 0.2) is 5.75 Å². The molecule has 0 amide bonds. The molecule has 0 unspecified atom stereocenters. The van der Waals surface area contributed by atoms with Gasteiger partial charge in [-0.2, -0.15) is 0 Å². The number of ether oxygens (including phenoxy) is 3. The first-order valence-corrected chi connectivity index (χ1v) is 10.1. The third-order valence-corrected chi connectivity index (χ3v) is 5.27. The molecular weight excluding hydrogens is 446 g/mol. The van der Waals surface area contributed by atoms with Crippen molar-refractivity contribution < 1.29 is 23.6 Å². The lowest BCUT2D eigenvalue weighted by atomic mass is 10.1. The van der Waals surface area contributed by atoms with Crippen molar-refractivity contribution in [1.29, 1.82) is 0 Å². The normalized spacial score (nSPS) is 11.5. The predicted octanol–water partition coefficient (Wildman–Crippen LogP) is 4.20. The van der Waals surface area contributed by atoms with Crippen LogP contribution in [0.1, 0.15) is 0 Å². The van der Waals surface area contributed by atoms with E-state index in [9.17, 15) is 0 Å². The summed E-state index contributed by atoms with van der Waals surface area (Å²) < 4.78 is 23.3. The molecule has 30 heavy (non-hydrogen) atoms. The van der Waals surface area contributed by atoms with E-state index in [4.69, 9.17) is 18.6 Å². The Morgan fingerprint density at radius 2 is 1.50 bits per heavy atom. The van der Waals surface area contributed by atoms with Crippen molar-refractivity contribution in [1.82, 2.24) is 0 Å². The van der Waals surface area contributed by atoms with Crippen molar-refractivity contribution >= 4 is 32.6 Å². The molecule has 1 heterocycles. The number of nitrogens with one attached hydrogen (secondary N) is 1. The zero-order chi connectivity index (χ0) is 21.1. The molecular formula is C24H21BrNO4+. The number of methoxy groups -OCH3 is 3. The summed E-state index contributed by atoms with van der Waals surface area (Å²) in [5.41, 5.74) is 2.54. The van der Waals surface area contributed by atoms with Gasteiger partial charge < -0.3 is 18.6 Å². The van der Waals surface area contributed by atoms with Crippen LogP contribution in [0.25, 0.3) is 22.3 Å². The van der Waals surface area contributed by atoms with E-state index in [2.05, 4.69) is 20.9 Å². The third kappa shape index (κ3) is 4.04. The number of hydrogen-bond acceptors (Lipinski definition) is 4. The molecule has 152 valence electrons. The summed E-state index contributed by atoms with van der Waals surface area (Å²) in [5, 5.41) is 1.84. The first-order chi connectivity index (χ1) is 14.6. The molecule has 3 aromatic carbocycles. The second kappa shape index (κ2) is 8.63. The molecule has 0 radical (unpaired) electrons. The molecule has 0 fully saturated rings. The highest BCUT2D eigenvalue weighted by Crippen LogP contribution is 2.27. The van der Waals surface area contributed by atoms with Crippen LogP contribution >= 0.6 is 15.9 Å². The van der Waals surface area contributed by atoms with E-state index in [0.29, 0.717) is 5.75 Å². The summed E-state index contributed by atoms with van der Waals surface area (Å²) in [4.78, 5) is 3.49. The Labute approximate surface area is 182 Å². The maximum absolute atomic E-state index is 6.19. The van der Waals surface area contributed by atoms with E-state index < -0.39 is 0 Å². The Bertz CT molecular complexity index is 1260. The molecule has 4 aromatic rings. The van der Waals surface area contributed by atoms with Crippen LogP contribution in [-0.4, -0.2) is 21.3 Å². The minimum Gasteiger partial charge on any atom is -0.497 e. The van der Waals surface area contributed by atoms with E-state index in [1.54, 1.807) is 21.3 Å². The highest BCUT2D eigenvalue weighted by molar-refractivity contribution is 9.10. The van der Waals surface area contributed by atoms with Crippen LogP contribution in [0.4, 0.5) is 5.69 Å². The average Bonchev–Trinajstić information content (AvgIpc) is 2.79. The molecule has 1 N–H and O–H groups in total. The van der Waals surface area contributed by atoms with E-state index in [1.165, 1.54) is 0 Å². The minimum absolute atomic E-state index is 0.685. The summed E-state index contributed by atoms with van der Waals surface area (Å²) >= 11 is 3.55. The van der Waals surface area contributed by atoms with Crippen molar-refractivity contribution in [3.8, 4) is 28.6 Å². The summed E-state index contributed by atoms with van der Waals surface area (Å²) in [6, 6.07) is 21.4. The first kappa shape index (κ1) is 20.0. The van der Waals surface area contributed by atoms with E-state index in [1.807, 2.05) is 66.7 Å². The van der Waals surface area contributed by atoms with Crippen molar-refractivity contribution in [3.63, 3.8) is 0 Å². The molecule has 0 aliphatic rings. The lowest BCUT2D eigenvalue weighted by Crippen LogP contribution is -2.70. The third-order valence-electron chi connectivity index (χ3n) is 4.78. The average molecular weight is 467 g/mol. The summed E-state index contributed by atoms with van der Waals surface area (Å²) in [6.07, 6.45) is 0. The molecule has 0 aliphatic carbocycles. The van der Waals surface area contributed by atoms with Crippen LogP contribution < -0.4 is 24.6 Å². The van der Waals surface area contributed by atoms with Crippen molar-refractivity contribution in [2.45, 2.75) is 0 Å². The Morgan fingerprint density at radius 1 is 0.767 bits per heavy atom. The maximum atomic E-state index is 6.19. The second-order valence-corrected chi connectivity index (χ2v) is 7.50. The van der Waals surface area contributed by atoms with Crippen LogP contribution in [0.2, 0.25) is 0 Å². The molecule has 0 spiro atoms. The fraction of sp³-hybridized carbons (Fsp3) is 0.125. The molecule has 0 saturated heterocycles. The zero-order valence-corrected chi connectivity index (χ0v) is 18.4. The van der Waals surface area contributed by atoms with Crippen LogP contribution in [0, 0.1) is 0 Å². The Morgan fingerprint density at radius 3 is 2.20 bits per heavy atom. The van der Waals surface area contributed by atoms with E-state index in [-0.39, 0.29) is 0 Å². The number of benzene rings is 3. The largest absolute Gasteiger partial charge is 0.497 e. The monoisotopic (exact) mass is 466 g/mol. The smallest absolute Gasteiger partial charge is 0.246 e. The topological polar surface area (TPSA) is 54.8 Å². The quantitative estimate of drug-likeness (QED) is 0.478. The lowest BCUT2D eigenvalue weighted by molar-refractivity contribution is -0.401. The SMILES string of the molecule is COc1ccc(-c2cc(=[NH+]c3ccc(OC)cc3OC)c3cc(Br)ccc3o2)cc1. The van der Waals surface area contributed by atoms with Gasteiger partial charge in [-0.15, -0.1) is 0 Å². The van der Waals surface area contributed by atoms with Crippen molar-refractivity contribution in [3.05, 3.63) is 76.6 Å². The zero-order valence-electron chi connectivity index (χ0n) is 16.9. The van der Waals surface area contributed by atoms with Gasteiger partial charge in [-0.05, 0) is 48.5 Å². The van der Waals surface area contributed by atoms with E-state index in [0.717, 1.165) is 49.3 Å². The van der Waals surface area contributed by atoms with Crippen molar-refractivity contribution in [2.75, 3.05) is 21.3 Å². The maximum Gasteiger partial charge on any atom is 0.246 e. The van der Waals surface area contributed by atoms with Crippen LogP contribution in [0.3, 0.4) is 0 Å². The number of rotatable bonds is 5. The highest BCUT2D eigenvalue weighted by Gasteiger charge is 2.13. The molecule has 0 aliphatic heterocycles. The van der Waals surface area contributed by atoms with Gasteiger partial charge in [0.25, 0.3) is 0 Å². The summed E-state index contributed by atoms with van der Waals surface area (Å²) in [7, 11) is 4.92. The lowest BCUT2D eigenvalue weighted by Gasteiger charge is -2.06. The Hall–Kier alpha value is -3.25. The van der Waals surface area contributed by atoms with Gasteiger partial charge >= 0.3 is 0 Å². The van der Waals surface area contributed by atoms with Gasteiger partial charge in [0.05, 0.1) is 32.8 Å². The van der Waals surface area contributed by atoms with Crippen LogP contribution in [-0.2, 0) is 0 Å². The van der Waals surface area contributed by atoms with Crippen LogP contribution in [0.5, 0.6) is 17.2 Å². The van der Waals surface area contributed by atoms with Gasteiger partial charge in [0.1, 0.15) is 22.8 Å². The van der Waals surface area contributed by atoms with Gasteiger partial charge in [-0.1, -0.05) is 15.9 Å². The van der Waals surface area contributed by atoms with Gasteiger partial charge in [-0.3, -0.25) is 0 Å². The molecule has 0 bridgehead atoms. The Balaban J connectivity index is 1.95. The van der Waals surface area contributed by atoms with Gasteiger partial charge in [0.2, 0.25) is 11.0 Å². The van der Waals surface area contributed by atoms with Gasteiger partial charge in [0, 0.05) is 22.2 Å². The molecule has 5 nitrogen and oxygen atoms in total. The molecule has 0 saturated carbocycles. The fourth-order valence-electron chi connectivity index (χ4n) is 3.21. The standard InChI is InChI=1S/C24H20BrNO4/c1-27-17-7-4-15(5-8-17)23-14-21(19-12-16(25)6-11-22(19)30-23)26-20-10-9-18(28-2)13-24(20)29-3/h4-14H,1-3H3/p+1. The molecule has 1 aromatic heterocycles. The molecule has 6 heteroatoms. The number of hydrogen-bond donors (Lipinski definition) is 1. The highest BCUT2D eigenvalue weighted by atomic mass is 79.9. The summed E-state index contributed by atoms with van der Waals surface area (Å²) in [5.74, 6) is 2.95. The Kier molecular flexibility index (Phi) is 5.77. The minimum atomic E-state index is 0.685. The van der Waals surface area contributed by atoms with Crippen LogP contribution in [0.15, 0.2) is 75.6 Å². The van der Waals surface area contributed by atoms with E-state index >= 15 is 0 Å². The second-order valence-electron chi connectivity index (χ2n) is 6.58. The number of halogens is 1. The molecule has 0 atom stereocenters. The predicted molar refractivity (Wildman–Crippen MR) is 119 cm³/mol. The van der Waals surface area contributed by atoms with Crippen molar-refractivity contribution in [2.24, 2.45) is 0 Å². The van der Waals surface area contributed by atoms with Gasteiger partial charge in [-0.25, -0.2) is 4.99 Å². The molecule has 4 rings (SSSR count). The first-order valence-electron chi connectivity index (χ1n) is 9.31. The summed E-state index contributed by atoms with van der Waals surface area (Å²) in [6.45, 7) is 0.